The molecule has 4 nitrogen and oxygen atoms in total. The van der Waals surface area contributed by atoms with Crippen molar-refractivity contribution in [2.24, 2.45) is 17.3 Å². The highest BCUT2D eigenvalue weighted by atomic mass is 16.3. The standard InChI is InChI=1S/C15H26N2O2/c18-10-15(6-7-15)9-16-14(19)17-13-8-12(13)11-4-2-1-3-5-11/h11-13,18H,1-10H2,(H2,16,17,19)/t12-,13-/m1/s1. The molecule has 0 radical (unpaired) electrons. The van der Waals surface area contributed by atoms with Gasteiger partial charge in [-0.1, -0.05) is 32.1 Å². The number of rotatable bonds is 5. The molecule has 3 saturated carbocycles. The quantitative estimate of drug-likeness (QED) is 0.713. The molecule has 0 aromatic rings. The molecule has 0 bridgehead atoms. The van der Waals surface area contributed by atoms with Crippen molar-refractivity contribution in [1.29, 1.82) is 0 Å². The third-order valence-electron chi connectivity index (χ3n) is 5.33. The van der Waals surface area contributed by atoms with E-state index >= 15 is 0 Å². The van der Waals surface area contributed by atoms with E-state index in [2.05, 4.69) is 10.6 Å². The molecule has 2 amide bonds. The number of urea groups is 1. The van der Waals surface area contributed by atoms with Gasteiger partial charge >= 0.3 is 6.03 Å². The summed E-state index contributed by atoms with van der Waals surface area (Å²) in [4.78, 5) is 11.8. The van der Waals surface area contributed by atoms with E-state index in [-0.39, 0.29) is 18.1 Å². The van der Waals surface area contributed by atoms with E-state index in [1.807, 2.05) is 0 Å². The number of hydrogen-bond acceptors (Lipinski definition) is 2. The molecular weight excluding hydrogens is 240 g/mol. The van der Waals surface area contributed by atoms with Crippen LogP contribution in [0.25, 0.3) is 0 Å². The average molecular weight is 266 g/mol. The van der Waals surface area contributed by atoms with Crippen molar-refractivity contribution in [3.05, 3.63) is 0 Å². The molecule has 3 N–H and O–H groups in total. The van der Waals surface area contributed by atoms with Crippen LogP contribution < -0.4 is 10.6 Å². The zero-order chi connectivity index (χ0) is 13.3. The van der Waals surface area contributed by atoms with Crippen LogP contribution in [0.15, 0.2) is 0 Å². The Hall–Kier alpha value is -0.770. The van der Waals surface area contributed by atoms with Gasteiger partial charge in [-0.05, 0) is 31.1 Å². The summed E-state index contributed by atoms with van der Waals surface area (Å²) in [5.41, 5.74) is 0.00363. The van der Waals surface area contributed by atoms with E-state index in [0.717, 1.165) is 24.7 Å². The zero-order valence-corrected chi connectivity index (χ0v) is 11.7. The molecular formula is C15H26N2O2. The van der Waals surface area contributed by atoms with E-state index in [0.29, 0.717) is 12.6 Å². The highest BCUT2D eigenvalue weighted by Crippen LogP contribution is 2.45. The minimum Gasteiger partial charge on any atom is -0.396 e. The van der Waals surface area contributed by atoms with Gasteiger partial charge in [-0.25, -0.2) is 4.79 Å². The van der Waals surface area contributed by atoms with Crippen molar-refractivity contribution in [3.8, 4) is 0 Å². The van der Waals surface area contributed by atoms with Crippen LogP contribution in [-0.4, -0.2) is 30.3 Å². The van der Waals surface area contributed by atoms with Gasteiger partial charge in [-0.2, -0.15) is 0 Å². The molecule has 0 heterocycles. The second-order valence-corrected chi connectivity index (χ2v) is 6.89. The van der Waals surface area contributed by atoms with Crippen molar-refractivity contribution < 1.29 is 9.90 Å². The smallest absolute Gasteiger partial charge is 0.315 e. The van der Waals surface area contributed by atoms with Crippen molar-refractivity contribution in [2.75, 3.05) is 13.2 Å². The maximum Gasteiger partial charge on any atom is 0.315 e. The van der Waals surface area contributed by atoms with Gasteiger partial charge in [0.1, 0.15) is 0 Å². The molecule has 19 heavy (non-hydrogen) atoms. The fourth-order valence-corrected chi connectivity index (χ4v) is 3.52. The Morgan fingerprint density at radius 3 is 2.58 bits per heavy atom. The van der Waals surface area contributed by atoms with Crippen LogP contribution >= 0.6 is 0 Å². The summed E-state index contributed by atoms with van der Waals surface area (Å²) in [6.07, 6.45) is 10.1. The van der Waals surface area contributed by atoms with Crippen LogP contribution in [0.5, 0.6) is 0 Å². The second-order valence-electron chi connectivity index (χ2n) is 6.89. The Morgan fingerprint density at radius 2 is 1.95 bits per heavy atom. The summed E-state index contributed by atoms with van der Waals surface area (Å²) < 4.78 is 0. The molecule has 3 aliphatic carbocycles. The van der Waals surface area contributed by atoms with Crippen LogP contribution in [0.3, 0.4) is 0 Å². The van der Waals surface area contributed by atoms with Crippen molar-refractivity contribution >= 4 is 6.03 Å². The lowest BCUT2D eigenvalue weighted by atomic mass is 9.85. The SMILES string of the molecule is O=C(NCC1(CO)CC1)N[C@@H]1C[C@@H]1C1CCCCC1. The Bertz CT molecular complexity index is 335. The lowest BCUT2D eigenvalue weighted by molar-refractivity contribution is 0.202. The van der Waals surface area contributed by atoms with E-state index in [4.69, 9.17) is 0 Å². The molecule has 0 aliphatic heterocycles. The Kier molecular flexibility index (Phi) is 3.70. The summed E-state index contributed by atoms with van der Waals surface area (Å²) in [5.74, 6) is 1.59. The number of amides is 2. The normalized spacial score (nSPS) is 32.7. The summed E-state index contributed by atoms with van der Waals surface area (Å²) >= 11 is 0. The Morgan fingerprint density at radius 1 is 1.21 bits per heavy atom. The third-order valence-corrected chi connectivity index (χ3v) is 5.33. The molecule has 3 rings (SSSR count). The molecule has 0 unspecified atom stereocenters. The van der Waals surface area contributed by atoms with Crippen molar-refractivity contribution in [3.63, 3.8) is 0 Å². The highest BCUT2D eigenvalue weighted by molar-refractivity contribution is 5.74. The molecule has 3 fully saturated rings. The maximum atomic E-state index is 11.8. The number of hydrogen-bond donors (Lipinski definition) is 3. The van der Waals surface area contributed by atoms with Gasteiger partial charge in [-0.15, -0.1) is 0 Å². The minimum atomic E-state index is -0.0389. The summed E-state index contributed by atoms with van der Waals surface area (Å²) in [6, 6.07) is 0.371. The summed E-state index contributed by atoms with van der Waals surface area (Å²) in [5, 5.41) is 15.2. The van der Waals surface area contributed by atoms with Crippen LogP contribution in [0.1, 0.15) is 51.4 Å². The molecule has 0 spiro atoms. The lowest BCUT2D eigenvalue weighted by Crippen LogP contribution is -2.41. The largest absolute Gasteiger partial charge is 0.396 e. The first-order valence-electron chi connectivity index (χ1n) is 7.88. The first-order valence-corrected chi connectivity index (χ1v) is 7.88. The van der Waals surface area contributed by atoms with Crippen LogP contribution in [0, 0.1) is 17.3 Å². The number of aliphatic hydroxyl groups excluding tert-OH is 1. The zero-order valence-electron chi connectivity index (χ0n) is 11.7. The third kappa shape index (κ3) is 3.22. The van der Waals surface area contributed by atoms with E-state index < -0.39 is 0 Å². The average Bonchev–Trinajstić information content (AvgIpc) is 3.34. The summed E-state index contributed by atoms with van der Waals surface area (Å²) in [6.45, 7) is 0.817. The van der Waals surface area contributed by atoms with Gasteiger partial charge < -0.3 is 15.7 Å². The molecule has 4 heteroatoms. The number of nitrogens with one attached hydrogen (secondary N) is 2. The predicted octanol–water partition coefficient (Wildman–Crippen LogP) is 2.03. The van der Waals surface area contributed by atoms with Crippen molar-refractivity contribution in [1.82, 2.24) is 10.6 Å². The number of aliphatic hydroxyl groups is 1. The Balaban J connectivity index is 1.35. The van der Waals surface area contributed by atoms with Crippen molar-refractivity contribution in [2.45, 2.75) is 57.4 Å². The number of carbonyl (C=O) groups excluding carboxylic acids is 1. The monoisotopic (exact) mass is 266 g/mol. The van der Waals surface area contributed by atoms with Crippen LogP contribution in [0.2, 0.25) is 0 Å². The highest BCUT2D eigenvalue weighted by Gasteiger charge is 2.45. The van der Waals surface area contributed by atoms with Gasteiger partial charge in [0.05, 0.1) is 6.61 Å². The molecule has 3 aliphatic rings. The molecule has 0 saturated heterocycles. The van der Waals surface area contributed by atoms with Gasteiger partial charge in [0.2, 0.25) is 0 Å². The van der Waals surface area contributed by atoms with E-state index in [1.165, 1.54) is 38.5 Å². The first kappa shape index (κ1) is 13.2. The number of carbonyl (C=O) groups is 1. The molecule has 0 aromatic carbocycles. The van der Waals surface area contributed by atoms with Crippen LogP contribution in [-0.2, 0) is 0 Å². The topological polar surface area (TPSA) is 61.4 Å². The van der Waals surface area contributed by atoms with E-state index in [9.17, 15) is 9.90 Å². The Labute approximate surface area is 115 Å². The predicted molar refractivity (Wildman–Crippen MR) is 73.8 cm³/mol. The van der Waals surface area contributed by atoms with Crippen LogP contribution in [0.4, 0.5) is 4.79 Å². The van der Waals surface area contributed by atoms with E-state index in [1.54, 1.807) is 0 Å². The maximum absolute atomic E-state index is 11.8. The molecule has 0 aromatic heterocycles. The van der Waals surface area contributed by atoms with Gasteiger partial charge in [0, 0.05) is 18.0 Å². The lowest BCUT2D eigenvalue weighted by Gasteiger charge is -2.21. The van der Waals surface area contributed by atoms with Gasteiger partial charge in [-0.3, -0.25) is 0 Å². The summed E-state index contributed by atoms with van der Waals surface area (Å²) in [7, 11) is 0. The van der Waals surface area contributed by atoms with Gasteiger partial charge in [0.15, 0.2) is 0 Å². The first-order chi connectivity index (χ1) is 9.22. The van der Waals surface area contributed by atoms with Gasteiger partial charge in [0.25, 0.3) is 0 Å². The molecule has 108 valence electrons. The fraction of sp³-hybridized carbons (Fsp3) is 0.933. The second kappa shape index (κ2) is 5.31. The molecule has 2 atom stereocenters. The minimum absolute atomic E-state index is 0.00363. The fourth-order valence-electron chi connectivity index (χ4n) is 3.52.